The quantitative estimate of drug-likeness (QED) is 0.704. The fourth-order valence-corrected chi connectivity index (χ4v) is 1.60. The minimum absolute atomic E-state index is 0.193. The molecule has 0 radical (unpaired) electrons. The van der Waals surface area contributed by atoms with Gasteiger partial charge in [0.1, 0.15) is 0 Å². The third-order valence-corrected chi connectivity index (χ3v) is 2.28. The number of ether oxygens (including phenoxy) is 1. The lowest BCUT2D eigenvalue weighted by Crippen LogP contribution is -2.31. The van der Waals surface area contributed by atoms with Gasteiger partial charge in [0, 0.05) is 13.2 Å². The first-order valence-electron chi connectivity index (χ1n) is 4.26. The van der Waals surface area contributed by atoms with Gasteiger partial charge in [-0.1, -0.05) is 0 Å². The van der Waals surface area contributed by atoms with Crippen molar-refractivity contribution in [2.45, 2.75) is 37.8 Å². The molecule has 2 atom stereocenters. The van der Waals surface area contributed by atoms with Gasteiger partial charge >= 0.3 is 0 Å². The van der Waals surface area contributed by atoms with E-state index in [0.29, 0.717) is 0 Å². The highest BCUT2D eigenvalue weighted by Gasteiger charge is 2.24. The van der Waals surface area contributed by atoms with Gasteiger partial charge in [0.05, 0.1) is 12.6 Å². The number of nitrogens with one attached hydrogen (secondary N) is 1. The summed E-state index contributed by atoms with van der Waals surface area (Å²) >= 11 is 0. The van der Waals surface area contributed by atoms with Crippen LogP contribution in [0.4, 0.5) is 8.78 Å². The van der Waals surface area contributed by atoms with Crippen molar-refractivity contribution in [3.63, 3.8) is 0 Å². The van der Waals surface area contributed by atoms with Gasteiger partial charge in [-0.3, -0.25) is 0 Å². The normalized spacial score (nSPS) is 30.0. The molecular formula is C8H15F2NO. The van der Waals surface area contributed by atoms with Crippen molar-refractivity contribution in [2.75, 3.05) is 13.7 Å². The molecule has 0 aliphatic heterocycles. The van der Waals surface area contributed by atoms with E-state index in [1.165, 1.54) is 0 Å². The van der Waals surface area contributed by atoms with Crippen LogP contribution in [0.25, 0.3) is 0 Å². The summed E-state index contributed by atoms with van der Waals surface area (Å²) < 4.78 is 28.7. The molecule has 0 saturated heterocycles. The Balaban J connectivity index is 2.11. The van der Waals surface area contributed by atoms with Crippen LogP contribution in [0, 0.1) is 0 Å². The van der Waals surface area contributed by atoms with Crippen LogP contribution in [0.5, 0.6) is 0 Å². The van der Waals surface area contributed by atoms with E-state index in [2.05, 4.69) is 5.32 Å². The van der Waals surface area contributed by atoms with Gasteiger partial charge in [-0.15, -0.1) is 0 Å². The molecule has 4 heteroatoms. The number of methoxy groups -OCH3 is 1. The Morgan fingerprint density at radius 2 is 2.25 bits per heavy atom. The molecule has 1 aliphatic carbocycles. The van der Waals surface area contributed by atoms with Crippen molar-refractivity contribution < 1.29 is 13.5 Å². The molecule has 1 aliphatic rings. The van der Waals surface area contributed by atoms with E-state index in [0.717, 1.165) is 19.3 Å². The highest BCUT2D eigenvalue weighted by Crippen LogP contribution is 2.21. The fraction of sp³-hybridized carbons (Fsp3) is 1.00. The minimum Gasteiger partial charge on any atom is -0.381 e. The topological polar surface area (TPSA) is 21.3 Å². The van der Waals surface area contributed by atoms with E-state index >= 15 is 0 Å². The lowest BCUT2D eigenvalue weighted by atomic mass is 10.2. The molecule has 0 spiro atoms. The maximum Gasteiger partial charge on any atom is 0.250 e. The predicted octanol–water partition coefficient (Wildman–Crippen LogP) is 1.41. The van der Waals surface area contributed by atoms with Gasteiger partial charge in [-0.2, -0.15) is 0 Å². The van der Waals surface area contributed by atoms with Crippen LogP contribution < -0.4 is 5.32 Å². The maximum absolute atomic E-state index is 11.8. The first kappa shape index (κ1) is 9.86. The lowest BCUT2D eigenvalue weighted by Gasteiger charge is -2.11. The molecular weight excluding hydrogens is 164 g/mol. The molecule has 0 aromatic rings. The molecule has 72 valence electrons. The second-order valence-corrected chi connectivity index (χ2v) is 3.17. The molecule has 0 aromatic carbocycles. The zero-order valence-electron chi connectivity index (χ0n) is 7.22. The van der Waals surface area contributed by atoms with E-state index < -0.39 is 6.43 Å². The van der Waals surface area contributed by atoms with Crippen LogP contribution in [-0.4, -0.2) is 32.2 Å². The van der Waals surface area contributed by atoms with Gasteiger partial charge < -0.3 is 10.1 Å². The molecule has 2 unspecified atom stereocenters. The first-order chi connectivity index (χ1) is 5.72. The second kappa shape index (κ2) is 4.72. The molecule has 0 bridgehead atoms. The predicted molar refractivity (Wildman–Crippen MR) is 42.4 cm³/mol. The number of hydrogen-bond acceptors (Lipinski definition) is 2. The van der Waals surface area contributed by atoms with Crippen LogP contribution in [-0.2, 0) is 4.74 Å². The van der Waals surface area contributed by atoms with Gasteiger partial charge in [0.25, 0.3) is 6.43 Å². The zero-order valence-corrected chi connectivity index (χ0v) is 7.22. The molecule has 1 N–H and O–H groups in total. The third-order valence-electron chi connectivity index (χ3n) is 2.28. The summed E-state index contributed by atoms with van der Waals surface area (Å²) in [4.78, 5) is 0. The summed E-state index contributed by atoms with van der Waals surface area (Å²) in [5.41, 5.74) is 0. The maximum atomic E-state index is 11.8. The highest BCUT2D eigenvalue weighted by molar-refractivity contribution is 4.80. The van der Waals surface area contributed by atoms with E-state index in [1.807, 2.05) is 0 Å². The summed E-state index contributed by atoms with van der Waals surface area (Å²) in [5.74, 6) is 0. The highest BCUT2D eigenvalue weighted by atomic mass is 19.3. The minimum atomic E-state index is -2.24. The van der Waals surface area contributed by atoms with Crippen LogP contribution in [0.2, 0.25) is 0 Å². The Kier molecular flexibility index (Phi) is 3.88. The molecule has 0 heterocycles. The van der Waals surface area contributed by atoms with Crippen LogP contribution in [0.3, 0.4) is 0 Å². The number of rotatable bonds is 4. The monoisotopic (exact) mass is 179 g/mol. The smallest absolute Gasteiger partial charge is 0.250 e. The Hall–Kier alpha value is -0.220. The summed E-state index contributed by atoms with van der Waals surface area (Å²) in [6, 6.07) is 0.226. The number of halogens is 2. The average Bonchev–Trinajstić information content (AvgIpc) is 2.48. The standard InChI is InChI=1S/C8H15F2NO/c1-12-7-3-2-6(4-7)11-5-8(9)10/h6-8,11H,2-5H2,1H3. The fourth-order valence-electron chi connectivity index (χ4n) is 1.60. The molecule has 1 rings (SSSR count). The SMILES string of the molecule is COC1CCC(NCC(F)F)C1. The molecule has 0 aromatic heterocycles. The van der Waals surface area contributed by atoms with E-state index in [4.69, 9.17) is 4.74 Å². The van der Waals surface area contributed by atoms with Crippen molar-refractivity contribution in [1.82, 2.24) is 5.32 Å². The molecule has 2 nitrogen and oxygen atoms in total. The van der Waals surface area contributed by atoms with Crippen molar-refractivity contribution in [2.24, 2.45) is 0 Å². The van der Waals surface area contributed by atoms with E-state index in [-0.39, 0.29) is 18.7 Å². The first-order valence-corrected chi connectivity index (χ1v) is 4.26. The van der Waals surface area contributed by atoms with Crippen molar-refractivity contribution >= 4 is 0 Å². The van der Waals surface area contributed by atoms with E-state index in [1.54, 1.807) is 7.11 Å². The summed E-state index contributed by atoms with van der Waals surface area (Å²) in [6.45, 7) is -0.193. The molecule has 1 saturated carbocycles. The Morgan fingerprint density at radius 1 is 1.50 bits per heavy atom. The summed E-state index contributed by atoms with van der Waals surface area (Å²) in [6.07, 6.45) is 0.818. The summed E-state index contributed by atoms with van der Waals surface area (Å²) in [7, 11) is 1.67. The van der Waals surface area contributed by atoms with Crippen LogP contribution in [0.1, 0.15) is 19.3 Å². The van der Waals surface area contributed by atoms with Crippen molar-refractivity contribution in [1.29, 1.82) is 0 Å². The Labute approximate surface area is 71.3 Å². The lowest BCUT2D eigenvalue weighted by molar-refractivity contribution is 0.104. The Morgan fingerprint density at radius 3 is 2.75 bits per heavy atom. The van der Waals surface area contributed by atoms with Crippen LogP contribution >= 0.6 is 0 Å². The van der Waals surface area contributed by atoms with Gasteiger partial charge in [0.15, 0.2) is 0 Å². The number of hydrogen-bond donors (Lipinski definition) is 1. The van der Waals surface area contributed by atoms with E-state index in [9.17, 15) is 8.78 Å². The Bertz CT molecular complexity index is 132. The third kappa shape index (κ3) is 3.03. The van der Waals surface area contributed by atoms with Gasteiger partial charge in [0.2, 0.25) is 0 Å². The molecule has 0 amide bonds. The van der Waals surface area contributed by atoms with Crippen molar-refractivity contribution in [3.05, 3.63) is 0 Å². The zero-order chi connectivity index (χ0) is 8.97. The largest absolute Gasteiger partial charge is 0.381 e. The average molecular weight is 179 g/mol. The molecule has 12 heavy (non-hydrogen) atoms. The molecule has 1 fully saturated rings. The van der Waals surface area contributed by atoms with Gasteiger partial charge in [-0.05, 0) is 19.3 Å². The van der Waals surface area contributed by atoms with Gasteiger partial charge in [-0.25, -0.2) is 8.78 Å². The van der Waals surface area contributed by atoms with Crippen LogP contribution in [0.15, 0.2) is 0 Å². The van der Waals surface area contributed by atoms with Crippen molar-refractivity contribution in [3.8, 4) is 0 Å². The summed E-state index contributed by atoms with van der Waals surface area (Å²) in [5, 5.41) is 2.82. The second-order valence-electron chi connectivity index (χ2n) is 3.17. The number of alkyl halides is 2.